The number of carboxylic acid groups (broad SMARTS) is 1. The number of carboxylic acids is 1. The molecule has 1 aliphatic heterocycles. The van der Waals surface area contributed by atoms with E-state index in [4.69, 9.17) is 5.11 Å². The minimum absolute atomic E-state index is 0.0895. The van der Waals surface area contributed by atoms with Crippen molar-refractivity contribution in [1.82, 2.24) is 4.31 Å². The van der Waals surface area contributed by atoms with Crippen LogP contribution in [0.2, 0.25) is 0 Å². The van der Waals surface area contributed by atoms with Gasteiger partial charge in [0.1, 0.15) is 6.54 Å². The molecule has 0 aliphatic carbocycles. The Morgan fingerprint density at radius 3 is 2.20 bits per heavy atom. The Bertz CT molecular complexity index is 906. The number of hydrogen-bond donors (Lipinski definition) is 2. The van der Waals surface area contributed by atoms with E-state index in [0.29, 0.717) is 15.4 Å². The molecule has 2 atom stereocenters. The first-order valence-electron chi connectivity index (χ1n) is 7.55. The van der Waals surface area contributed by atoms with E-state index < -0.39 is 56.0 Å². The van der Waals surface area contributed by atoms with Gasteiger partial charge in [0.2, 0.25) is 10.0 Å². The fourth-order valence-corrected chi connectivity index (χ4v) is 6.73. The number of aryl methyl sites for hydroxylation is 3. The second-order valence-corrected chi connectivity index (χ2v) is 10.4. The van der Waals surface area contributed by atoms with Gasteiger partial charge in [0.25, 0.3) is 0 Å². The van der Waals surface area contributed by atoms with Crippen LogP contribution in [0.3, 0.4) is 0 Å². The molecule has 1 aliphatic rings. The minimum atomic E-state index is -4.30. The maximum atomic E-state index is 13.1. The maximum absolute atomic E-state index is 13.1. The molecule has 10 heteroatoms. The molecule has 0 aromatic heterocycles. The Morgan fingerprint density at radius 2 is 1.72 bits per heavy atom. The fourth-order valence-electron chi connectivity index (χ4n) is 2.94. The standard InChI is InChI=1S/C15H21NO7S2/c1-9-4-11(3)14(5-10(9)2)25(22,23)16(6-15(18)19)12-7-24(20,21)8-13(12)17/h4-5,12-13,17H,6-8H2,1-3H3,(H,18,19)/t12-,13-/m0/s1. The number of rotatable bonds is 5. The molecule has 0 unspecified atom stereocenters. The van der Waals surface area contributed by atoms with Crippen LogP contribution < -0.4 is 0 Å². The lowest BCUT2D eigenvalue weighted by molar-refractivity contribution is -0.137. The van der Waals surface area contributed by atoms with Gasteiger partial charge in [-0.25, -0.2) is 16.8 Å². The molecule has 1 saturated heterocycles. The summed E-state index contributed by atoms with van der Waals surface area (Å²) in [4.78, 5) is 11.1. The molecule has 8 nitrogen and oxygen atoms in total. The smallest absolute Gasteiger partial charge is 0.318 e. The summed E-state index contributed by atoms with van der Waals surface area (Å²) in [5.74, 6) is -2.62. The fraction of sp³-hybridized carbons (Fsp3) is 0.533. The Morgan fingerprint density at radius 1 is 1.16 bits per heavy atom. The zero-order valence-corrected chi connectivity index (χ0v) is 15.8. The summed E-state index contributed by atoms with van der Waals surface area (Å²) in [5.41, 5.74) is 2.01. The molecule has 0 spiro atoms. The molecule has 1 aromatic rings. The van der Waals surface area contributed by atoms with E-state index in [2.05, 4.69) is 0 Å². The van der Waals surface area contributed by atoms with Gasteiger partial charge in [0.15, 0.2) is 9.84 Å². The summed E-state index contributed by atoms with van der Waals surface area (Å²) < 4.78 is 50.2. The van der Waals surface area contributed by atoms with Gasteiger partial charge in [-0.15, -0.1) is 0 Å². The van der Waals surface area contributed by atoms with Crippen LogP contribution >= 0.6 is 0 Å². The van der Waals surface area contributed by atoms with Crippen LogP contribution in [0.1, 0.15) is 16.7 Å². The topological polar surface area (TPSA) is 129 Å². The predicted octanol–water partition coefficient (Wildman–Crippen LogP) is -0.155. The van der Waals surface area contributed by atoms with Crippen molar-refractivity contribution in [2.45, 2.75) is 37.8 Å². The molecule has 0 amide bonds. The van der Waals surface area contributed by atoms with Crippen LogP contribution in [0.4, 0.5) is 0 Å². The highest BCUT2D eigenvalue weighted by molar-refractivity contribution is 7.92. The van der Waals surface area contributed by atoms with Crippen molar-refractivity contribution in [2.24, 2.45) is 0 Å². The van der Waals surface area contributed by atoms with Crippen molar-refractivity contribution in [1.29, 1.82) is 0 Å². The van der Waals surface area contributed by atoms with Gasteiger partial charge in [-0.1, -0.05) is 6.07 Å². The summed E-state index contributed by atoms with van der Waals surface area (Å²) in [7, 11) is -7.95. The number of nitrogens with zero attached hydrogens (tertiary/aromatic N) is 1. The second kappa shape index (κ2) is 6.67. The van der Waals surface area contributed by atoms with Crippen LogP contribution in [0.15, 0.2) is 17.0 Å². The number of aliphatic hydroxyl groups excluding tert-OH is 1. The lowest BCUT2D eigenvalue weighted by Gasteiger charge is -2.28. The molecular formula is C15H21NO7S2. The number of sulfonamides is 1. The third-order valence-corrected chi connectivity index (χ3v) is 8.04. The first kappa shape index (κ1) is 19.8. The van der Waals surface area contributed by atoms with Gasteiger partial charge < -0.3 is 10.2 Å². The second-order valence-electron chi connectivity index (χ2n) is 6.36. The van der Waals surface area contributed by atoms with Crippen LogP contribution in [0.25, 0.3) is 0 Å². The highest BCUT2D eigenvalue weighted by Crippen LogP contribution is 2.28. The molecule has 140 valence electrons. The van der Waals surface area contributed by atoms with Gasteiger partial charge in [0, 0.05) is 0 Å². The molecule has 1 aromatic carbocycles. The molecule has 0 bridgehead atoms. The molecule has 0 saturated carbocycles. The molecule has 2 rings (SSSR count). The van der Waals surface area contributed by atoms with E-state index in [9.17, 15) is 26.7 Å². The molecule has 1 heterocycles. The van der Waals surface area contributed by atoms with Gasteiger partial charge in [-0.3, -0.25) is 4.79 Å². The van der Waals surface area contributed by atoms with Crippen LogP contribution in [-0.4, -0.2) is 67.5 Å². The van der Waals surface area contributed by atoms with Crippen LogP contribution in [-0.2, 0) is 24.7 Å². The zero-order chi connectivity index (χ0) is 19.2. The van der Waals surface area contributed by atoms with E-state index in [1.54, 1.807) is 19.9 Å². The van der Waals surface area contributed by atoms with E-state index in [-0.39, 0.29) is 4.90 Å². The summed E-state index contributed by atoms with van der Waals surface area (Å²) in [6.07, 6.45) is -1.47. The quantitative estimate of drug-likeness (QED) is 0.714. The Kier molecular flexibility index (Phi) is 5.29. The normalized spacial score (nSPS) is 23.1. The average Bonchev–Trinajstić information content (AvgIpc) is 2.72. The molecular weight excluding hydrogens is 370 g/mol. The van der Waals surface area contributed by atoms with Gasteiger partial charge in [0.05, 0.1) is 28.5 Å². The van der Waals surface area contributed by atoms with Gasteiger partial charge in [-0.2, -0.15) is 4.31 Å². The molecule has 1 fully saturated rings. The molecule has 25 heavy (non-hydrogen) atoms. The van der Waals surface area contributed by atoms with Crippen LogP contribution in [0.5, 0.6) is 0 Å². The monoisotopic (exact) mass is 391 g/mol. The lowest BCUT2D eigenvalue weighted by Crippen LogP contribution is -2.49. The first-order valence-corrected chi connectivity index (χ1v) is 10.8. The third kappa shape index (κ3) is 4.02. The van der Waals surface area contributed by atoms with E-state index in [1.165, 1.54) is 6.07 Å². The summed E-state index contributed by atoms with van der Waals surface area (Å²) >= 11 is 0. The third-order valence-electron chi connectivity index (χ3n) is 4.33. The van der Waals surface area contributed by atoms with Crippen LogP contribution in [0, 0.1) is 20.8 Å². The Hall–Kier alpha value is -1.49. The number of carbonyl (C=O) groups is 1. The van der Waals surface area contributed by atoms with E-state index >= 15 is 0 Å². The summed E-state index contributed by atoms with van der Waals surface area (Å²) in [6, 6.07) is 1.78. The van der Waals surface area contributed by atoms with Crippen molar-refractivity contribution < 1.29 is 31.8 Å². The van der Waals surface area contributed by atoms with Crippen molar-refractivity contribution in [3.05, 3.63) is 28.8 Å². The minimum Gasteiger partial charge on any atom is -0.480 e. The number of aliphatic hydroxyl groups is 1. The van der Waals surface area contributed by atoms with E-state index in [1.807, 2.05) is 6.92 Å². The van der Waals surface area contributed by atoms with Gasteiger partial charge >= 0.3 is 5.97 Å². The average molecular weight is 391 g/mol. The van der Waals surface area contributed by atoms with E-state index in [0.717, 1.165) is 5.56 Å². The van der Waals surface area contributed by atoms with Crippen molar-refractivity contribution in [2.75, 3.05) is 18.1 Å². The first-order chi connectivity index (χ1) is 11.3. The highest BCUT2D eigenvalue weighted by Gasteiger charge is 2.45. The Labute approximate surface area is 147 Å². The largest absolute Gasteiger partial charge is 0.480 e. The Balaban J connectivity index is 2.58. The zero-order valence-electron chi connectivity index (χ0n) is 14.1. The number of hydrogen-bond acceptors (Lipinski definition) is 6. The highest BCUT2D eigenvalue weighted by atomic mass is 32.2. The SMILES string of the molecule is Cc1cc(C)c(S(=O)(=O)N(CC(=O)O)[C@H]2CS(=O)(=O)C[C@@H]2O)cc1C. The number of benzene rings is 1. The summed E-state index contributed by atoms with van der Waals surface area (Å²) in [6.45, 7) is 4.21. The predicted molar refractivity (Wildman–Crippen MR) is 90.6 cm³/mol. The lowest BCUT2D eigenvalue weighted by atomic mass is 10.1. The summed E-state index contributed by atoms with van der Waals surface area (Å²) in [5, 5.41) is 19.1. The van der Waals surface area contributed by atoms with Crippen molar-refractivity contribution >= 4 is 25.8 Å². The van der Waals surface area contributed by atoms with Crippen molar-refractivity contribution in [3.63, 3.8) is 0 Å². The number of sulfone groups is 1. The van der Waals surface area contributed by atoms with Gasteiger partial charge in [-0.05, 0) is 43.5 Å². The molecule has 2 N–H and O–H groups in total. The number of aliphatic carboxylic acids is 1. The maximum Gasteiger partial charge on any atom is 0.318 e. The van der Waals surface area contributed by atoms with Crippen molar-refractivity contribution in [3.8, 4) is 0 Å². The molecule has 0 radical (unpaired) electrons.